The van der Waals surface area contributed by atoms with E-state index in [4.69, 9.17) is 11.5 Å². The molecule has 1 aromatic rings. The van der Waals surface area contributed by atoms with Gasteiger partial charge in [-0.1, -0.05) is 6.42 Å². The second-order valence-electron chi connectivity index (χ2n) is 5.43. The molecule has 1 fully saturated rings. The van der Waals surface area contributed by atoms with Crippen LogP contribution in [0.15, 0.2) is 18.2 Å². The quantitative estimate of drug-likeness (QED) is 0.626. The van der Waals surface area contributed by atoms with Crippen LogP contribution in [-0.2, 0) is 0 Å². The fraction of sp³-hybridized carbons (Fsp3) is 0.500. The van der Waals surface area contributed by atoms with Crippen molar-refractivity contribution >= 4 is 17.3 Å². The number of nitro benzene ring substituents is 1. The molecule has 0 aliphatic heterocycles. The zero-order chi connectivity index (χ0) is 15.6. The van der Waals surface area contributed by atoms with Crippen molar-refractivity contribution in [3.05, 3.63) is 33.9 Å². The number of carbonyl (C=O) groups excluding carboxylic acids is 1. The van der Waals surface area contributed by atoms with Crippen LogP contribution < -0.4 is 16.4 Å². The maximum absolute atomic E-state index is 11.3. The summed E-state index contributed by atoms with van der Waals surface area (Å²) in [5.74, 6) is -0.284. The summed E-state index contributed by atoms with van der Waals surface area (Å²) in [6.07, 6.45) is 3.02. The van der Waals surface area contributed by atoms with Crippen molar-refractivity contribution in [1.29, 1.82) is 0 Å². The monoisotopic (exact) mass is 292 g/mol. The third kappa shape index (κ3) is 2.97. The average Bonchev–Trinajstić information content (AvgIpc) is 2.94. The lowest BCUT2D eigenvalue weighted by atomic mass is 10.0. The van der Waals surface area contributed by atoms with Gasteiger partial charge in [0.15, 0.2) is 0 Å². The molecule has 7 nitrogen and oxygen atoms in total. The smallest absolute Gasteiger partial charge is 0.292 e. The first-order valence-electron chi connectivity index (χ1n) is 6.96. The molecule has 0 bridgehead atoms. The minimum atomic E-state index is -0.596. The summed E-state index contributed by atoms with van der Waals surface area (Å²) in [6, 6.07) is 4.36. The lowest BCUT2D eigenvalue weighted by Gasteiger charge is -2.30. The minimum absolute atomic E-state index is 0.0230. The topological polar surface area (TPSA) is 115 Å². The standard InChI is InChI=1S/C14H20N4O3/c1-17(11-4-2-3-10(11)8-15)13-7-9(14(16)19)5-6-12(13)18(20)21/h5-7,10-11H,2-4,8,15H2,1H3,(H2,16,19). The predicted octanol–water partition coefficient (Wildman–Crippen LogP) is 1.26. The Morgan fingerprint density at radius 2 is 2.19 bits per heavy atom. The van der Waals surface area contributed by atoms with Crippen LogP contribution in [0, 0.1) is 16.0 Å². The van der Waals surface area contributed by atoms with E-state index in [0.717, 1.165) is 19.3 Å². The highest BCUT2D eigenvalue weighted by Gasteiger charge is 2.32. The third-order valence-electron chi connectivity index (χ3n) is 4.26. The fourth-order valence-electron chi connectivity index (χ4n) is 3.09. The molecule has 2 rings (SSSR count). The summed E-state index contributed by atoms with van der Waals surface area (Å²) in [4.78, 5) is 24.0. The SMILES string of the molecule is CN(c1cc(C(N)=O)ccc1[N+](=O)[O-])C1CCCC1CN. The average molecular weight is 292 g/mol. The molecule has 0 spiro atoms. The second kappa shape index (κ2) is 6.09. The van der Waals surface area contributed by atoms with Crippen molar-refractivity contribution in [2.45, 2.75) is 25.3 Å². The van der Waals surface area contributed by atoms with Gasteiger partial charge in [-0.15, -0.1) is 0 Å². The zero-order valence-electron chi connectivity index (χ0n) is 12.0. The van der Waals surface area contributed by atoms with E-state index in [2.05, 4.69) is 0 Å². The Balaban J connectivity index is 2.42. The zero-order valence-corrected chi connectivity index (χ0v) is 12.0. The van der Waals surface area contributed by atoms with Gasteiger partial charge in [0.2, 0.25) is 5.91 Å². The number of hydrogen-bond donors (Lipinski definition) is 2. The van der Waals surface area contributed by atoms with Gasteiger partial charge in [0.05, 0.1) is 4.92 Å². The number of carbonyl (C=O) groups is 1. The minimum Gasteiger partial charge on any atom is -0.366 e. The Kier molecular flexibility index (Phi) is 4.42. The van der Waals surface area contributed by atoms with E-state index in [0.29, 0.717) is 18.2 Å². The number of anilines is 1. The van der Waals surface area contributed by atoms with E-state index in [1.807, 2.05) is 11.9 Å². The van der Waals surface area contributed by atoms with Gasteiger partial charge in [0, 0.05) is 24.7 Å². The van der Waals surface area contributed by atoms with E-state index in [1.165, 1.54) is 18.2 Å². The Bertz CT molecular complexity index is 561. The summed E-state index contributed by atoms with van der Waals surface area (Å²) in [6.45, 7) is 0.554. The maximum atomic E-state index is 11.3. The molecule has 1 aliphatic rings. The fourth-order valence-corrected chi connectivity index (χ4v) is 3.09. The number of amides is 1. The Morgan fingerprint density at radius 1 is 1.48 bits per heavy atom. The van der Waals surface area contributed by atoms with Crippen LogP contribution in [0.5, 0.6) is 0 Å². The van der Waals surface area contributed by atoms with Gasteiger partial charge in [-0.05, 0) is 37.4 Å². The summed E-state index contributed by atoms with van der Waals surface area (Å²) < 4.78 is 0. The van der Waals surface area contributed by atoms with Crippen LogP contribution in [0.2, 0.25) is 0 Å². The first-order valence-corrected chi connectivity index (χ1v) is 6.96. The molecule has 1 aromatic carbocycles. The molecular weight excluding hydrogens is 272 g/mol. The first kappa shape index (κ1) is 15.2. The number of rotatable bonds is 5. The van der Waals surface area contributed by atoms with Gasteiger partial charge >= 0.3 is 0 Å². The van der Waals surface area contributed by atoms with E-state index >= 15 is 0 Å². The van der Waals surface area contributed by atoms with Crippen LogP contribution in [0.25, 0.3) is 0 Å². The van der Waals surface area contributed by atoms with Crippen molar-refractivity contribution in [3.8, 4) is 0 Å². The molecule has 1 aliphatic carbocycles. The van der Waals surface area contributed by atoms with Crippen molar-refractivity contribution in [1.82, 2.24) is 0 Å². The predicted molar refractivity (Wildman–Crippen MR) is 80.2 cm³/mol. The molecule has 2 atom stereocenters. The highest BCUT2D eigenvalue weighted by Crippen LogP contribution is 2.36. The molecular formula is C14H20N4O3. The number of primary amides is 1. The Hall–Kier alpha value is -2.15. The van der Waals surface area contributed by atoms with Crippen LogP contribution in [0.4, 0.5) is 11.4 Å². The van der Waals surface area contributed by atoms with Gasteiger partial charge in [-0.2, -0.15) is 0 Å². The molecule has 0 radical (unpaired) electrons. The van der Waals surface area contributed by atoms with Crippen LogP contribution >= 0.6 is 0 Å². The normalized spacial score (nSPS) is 21.2. The summed E-state index contributed by atoms with van der Waals surface area (Å²) >= 11 is 0. The lowest BCUT2D eigenvalue weighted by molar-refractivity contribution is -0.384. The summed E-state index contributed by atoms with van der Waals surface area (Å²) in [5.41, 5.74) is 11.7. The third-order valence-corrected chi connectivity index (χ3v) is 4.26. The Morgan fingerprint density at radius 3 is 2.76 bits per heavy atom. The largest absolute Gasteiger partial charge is 0.366 e. The van der Waals surface area contributed by atoms with Crippen LogP contribution in [0.3, 0.4) is 0 Å². The summed E-state index contributed by atoms with van der Waals surface area (Å²) in [5, 5.41) is 11.2. The highest BCUT2D eigenvalue weighted by molar-refractivity contribution is 5.94. The van der Waals surface area contributed by atoms with Gasteiger partial charge < -0.3 is 16.4 Å². The molecule has 0 heterocycles. The second-order valence-corrected chi connectivity index (χ2v) is 5.43. The number of nitrogens with two attached hydrogens (primary N) is 2. The number of nitro groups is 1. The molecule has 1 saturated carbocycles. The van der Waals surface area contributed by atoms with E-state index in [1.54, 1.807) is 0 Å². The highest BCUT2D eigenvalue weighted by atomic mass is 16.6. The number of hydrogen-bond acceptors (Lipinski definition) is 5. The molecule has 4 N–H and O–H groups in total. The molecule has 7 heteroatoms. The van der Waals surface area contributed by atoms with Crippen LogP contribution in [0.1, 0.15) is 29.6 Å². The van der Waals surface area contributed by atoms with E-state index in [-0.39, 0.29) is 17.3 Å². The molecule has 0 saturated heterocycles. The van der Waals surface area contributed by atoms with Gasteiger partial charge in [0.25, 0.3) is 5.69 Å². The van der Waals surface area contributed by atoms with Gasteiger partial charge in [-0.3, -0.25) is 14.9 Å². The molecule has 2 unspecified atom stereocenters. The number of nitrogens with zero attached hydrogens (tertiary/aromatic N) is 2. The first-order chi connectivity index (χ1) is 9.95. The summed E-state index contributed by atoms with van der Waals surface area (Å²) in [7, 11) is 1.81. The maximum Gasteiger partial charge on any atom is 0.292 e. The Labute approximate surface area is 123 Å². The van der Waals surface area contributed by atoms with Gasteiger partial charge in [-0.25, -0.2) is 0 Å². The molecule has 1 amide bonds. The lowest BCUT2D eigenvalue weighted by Crippen LogP contribution is -2.38. The van der Waals surface area contributed by atoms with Gasteiger partial charge in [0.1, 0.15) is 5.69 Å². The van der Waals surface area contributed by atoms with Crippen molar-refractivity contribution in [2.75, 3.05) is 18.5 Å². The molecule has 21 heavy (non-hydrogen) atoms. The van der Waals surface area contributed by atoms with Crippen LogP contribution in [-0.4, -0.2) is 30.5 Å². The van der Waals surface area contributed by atoms with Crippen molar-refractivity contribution < 1.29 is 9.72 Å². The molecule has 114 valence electrons. The van der Waals surface area contributed by atoms with E-state index < -0.39 is 10.8 Å². The molecule has 0 aromatic heterocycles. The van der Waals surface area contributed by atoms with E-state index in [9.17, 15) is 14.9 Å². The van der Waals surface area contributed by atoms with Crippen molar-refractivity contribution in [2.24, 2.45) is 17.4 Å². The van der Waals surface area contributed by atoms with Crippen molar-refractivity contribution in [3.63, 3.8) is 0 Å². The number of benzene rings is 1.